The maximum Gasteiger partial charge on any atom is 0.306 e. The molecule has 0 aliphatic heterocycles. The number of hydrogen-bond acceptors (Lipinski definition) is 4. The monoisotopic (exact) mass is 237 g/mol. The molecule has 0 heterocycles. The Kier molecular flexibility index (Phi) is 3.19. The van der Waals surface area contributed by atoms with Crippen molar-refractivity contribution in [2.45, 2.75) is 25.3 Å². The second kappa shape index (κ2) is 4.63. The zero-order valence-electron chi connectivity index (χ0n) is 9.35. The molecule has 4 N–H and O–H groups in total. The minimum atomic E-state index is -0.904. The maximum absolute atomic E-state index is 10.4. The Morgan fingerprint density at radius 2 is 2.24 bits per heavy atom. The number of benzene rings is 1. The molecule has 0 fully saturated rings. The first kappa shape index (κ1) is 11.7. The van der Waals surface area contributed by atoms with Gasteiger partial charge in [0.05, 0.1) is 13.0 Å². The quantitative estimate of drug-likeness (QED) is 0.715. The van der Waals surface area contributed by atoms with Crippen LogP contribution in [0.5, 0.6) is 11.5 Å². The molecule has 0 saturated heterocycles. The van der Waals surface area contributed by atoms with Gasteiger partial charge in [0, 0.05) is 12.1 Å². The summed E-state index contributed by atoms with van der Waals surface area (Å²) < 4.78 is 5.39. The van der Waals surface area contributed by atoms with Gasteiger partial charge in [-0.25, -0.2) is 0 Å². The van der Waals surface area contributed by atoms with E-state index in [2.05, 4.69) is 0 Å². The van der Waals surface area contributed by atoms with Crippen LogP contribution in [-0.2, 0) is 17.6 Å². The summed E-state index contributed by atoms with van der Waals surface area (Å²) in [7, 11) is 0. The number of aliphatic carboxylic acids is 1. The van der Waals surface area contributed by atoms with Gasteiger partial charge in [0.25, 0.3) is 0 Å². The molecule has 0 spiro atoms. The van der Waals surface area contributed by atoms with Crippen molar-refractivity contribution in [3.8, 4) is 11.5 Å². The predicted octanol–water partition coefficient (Wildman–Crippen LogP) is 0.672. The van der Waals surface area contributed by atoms with Crippen molar-refractivity contribution in [1.82, 2.24) is 0 Å². The fourth-order valence-electron chi connectivity index (χ4n) is 2.09. The molecule has 1 aliphatic rings. The van der Waals surface area contributed by atoms with E-state index in [0.29, 0.717) is 12.2 Å². The highest BCUT2D eigenvalue weighted by molar-refractivity contribution is 5.66. The number of phenols is 1. The normalized spacial score (nSPS) is 17.8. The molecule has 5 nitrogen and oxygen atoms in total. The highest BCUT2D eigenvalue weighted by atomic mass is 16.5. The summed E-state index contributed by atoms with van der Waals surface area (Å²) in [5.41, 5.74) is 7.83. The van der Waals surface area contributed by atoms with Crippen LogP contribution in [0.25, 0.3) is 0 Å². The number of phenolic OH excluding ortho intramolecular Hbond substituents is 1. The largest absolute Gasteiger partial charge is 0.508 e. The van der Waals surface area contributed by atoms with Crippen molar-refractivity contribution in [3.05, 3.63) is 23.3 Å². The lowest BCUT2D eigenvalue weighted by atomic mass is 10.1. The first-order valence-electron chi connectivity index (χ1n) is 5.51. The minimum Gasteiger partial charge on any atom is -0.508 e. The van der Waals surface area contributed by atoms with E-state index in [-0.39, 0.29) is 24.8 Å². The lowest BCUT2D eigenvalue weighted by molar-refractivity contribution is -0.137. The molecular weight excluding hydrogens is 222 g/mol. The molecule has 0 bridgehead atoms. The fourth-order valence-corrected chi connectivity index (χ4v) is 2.09. The number of aromatic hydroxyl groups is 1. The lowest BCUT2D eigenvalue weighted by Crippen LogP contribution is -2.19. The van der Waals surface area contributed by atoms with Gasteiger partial charge < -0.3 is 20.7 Å². The Hall–Kier alpha value is -1.75. The molecule has 1 aromatic carbocycles. The van der Waals surface area contributed by atoms with Crippen molar-refractivity contribution >= 4 is 5.97 Å². The molecule has 92 valence electrons. The first-order chi connectivity index (χ1) is 8.06. The van der Waals surface area contributed by atoms with Crippen LogP contribution in [0, 0.1) is 0 Å². The van der Waals surface area contributed by atoms with Crippen molar-refractivity contribution in [1.29, 1.82) is 0 Å². The van der Waals surface area contributed by atoms with Gasteiger partial charge >= 0.3 is 5.97 Å². The van der Waals surface area contributed by atoms with Gasteiger partial charge in [-0.15, -0.1) is 0 Å². The van der Waals surface area contributed by atoms with E-state index in [9.17, 15) is 9.90 Å². The van der Waals surface area contributed by atoms with Crippen LogP contribution in [0.15, 0.2) is 12.1 Å². The van der Waals surface area contributed by atoms with E-state index < -0.39 is 5.97 Å². The smallest absolute Gasteiger partial charge is 0.306 e. The van der Waals surface area contributed by atoms with Crippen LogP contribution in [0.4, 0.5) is 0 Å². The average molecular weight is 237 g/mol. The Morgan fingerprint density at radius 1 is 1.47 bits per heavy atom. The molecule has 1 aliphatic carbocycles. The molecule has 1 atom stereocenters. The second-order valence-electron chi connectivity index (χ2n) is 4.24. The SMILES string of the molecule is NC1Cc2cc(O)cc(OCCC(=O)O)c2C1. The molecule has 5 heteroatoms. The second-order valence-corrected chi connectivity index (χ2v) is 4.24. The number of carboxylic acids is 1. The summed E-state index contributed by atoms with van der Waals surface area (Å²) in [6, 6.07) is 3.25. The summed E-state index contributed by atoms with van der Waals surface area (Å²) in [5.74, 6) is -0.226. The predicted molar refractivity (Wildman–Crippen MR) is 61.2 cm³/mol. The zero-order valence-corrected chi connectivity index (χ0v) is 9.35. The molecule has 0 saturated carbocycles. The van der Waals surface area contributed by atoms with E-state index in [1.807, 2.05) is 0 Å². The summed E-state index contributed by atoms with van der Waals surface area (Å²) in [6.07, 6.45) is 1.37. The molecule has 1 unspecified atom stereocenters. The number of nitrogens with two attached hydrogens (primary N) is 1. The van der Waals surface area contributed by atoms with Crippen molar-refractivity contribution in [2.75, 3.05) is 6.61 Å². The number of fused-ring (bicyclic) bond motifs is 1. The number of ether oxygens (including phenoxy) is 1. The van der Waals surface area contributed by atoms with Crippen LogP contribution in [0.3, 0.4) is 0 Å². The third-order valence-electron chi connectivity index (χ3n) is 2.81. The third kappa shape index (κ3) is 2.68. The molecular formula is C12H15NO4. The van der Waals surface area contributed by atoms with Gasteiger partial charge in [-0.1, -0.05) is 0 Å². The molecule has 0 aromatic heterocycles. The van der Waals surface area contributed by atoms with Crippen molar-refractivity contribution in [3.63, 3.8) is 0 Å². The Morgan fingerprint density at radius 3 is 2.94 bits per heavy atom. The van der Waals surface area contributed by atoms with E-state index in [1.54, 1.807) is 6.07 Å². The van der Waals surface area contributed by atoms with Gasteiger partial charge in [-0.3, -0.25) is 4.79 Å². The van der Waals surface area contributed by atoms with Crippen LogP contribution in [0.1, 0.15) is 17.5 Å². The molecule has 2 rings (SSSR count). The molecule has 1 aromatic rings. The van der Waals surface area contributed by atoms with Gasteiger partial charge in [0.15, 0.2) is 0 Å². The van der Waals surface area contributed by atoms with Crippen molar-refractivity contribution < 1.29 is 19.7 Å². The number of rotatable bonds is 4. The summed E-state index contributed by atoms with van der Waals surface area (Å²) in [6.45, 7) is 0.0977. The van der Waals surface area contributed by atoms with Gasteiger partial charge in [0.2, 0.25) is 0 Å². The topological polar surface area (TPSA) is 92.8 Å². The summed E-state index contributed by atoms with van der Waals surface area (Å²) >= 11 is 0. The van der Waals surface area contributed by atoms with Crippen LogP contribution in [0.2, 0.25) is 0 Å². The maximum atomic E-state index is 10.4. The third-order valence-corrected chi connectivity index (χ3v) is 2.81. The van der Waals surface area contributed by atoms with Gasteiger partial charge in [0.1, 0.15) is 11.5 Å². The minimum absolute atomic E-state index is 0.0497. The molecule has 17 heavy (non-hydrogen) atoms. The standard InChI is InChI=1S/C12H15NO4/c13-8-3-7-4-9(14)6-11(10(7)5-8)17-2-1-12(15)16/h4,6,8,14H,1-3,5,13H2,(H,15,16). The molecule has 0 amide bonds. The Labute approximate surface area is 98.8 Å². The first-order valence-corrected chi connectivity index (χ1v) is 5.51. The van der Waals surface area contributed by atoms with E-state index >= 15 is 0 Å². The highest BCUT2D eigenvalue weighted by Crippen LogP contribution is 2.34. The summed E-state index contributed by atoms with van der Waals surface area (Å²) in [5, 5.41) is 18.1. The fraction of sp³-hybridized carbons (Fsp3) is 0.417. The average Bonchev–Trinajstić information content (AvgIpc) is 2.57. The molecule has 0 radical (unpaired) electrons. The van der Waals surface area contributed by atoms with Gasteiger partial charge in [-0.05, 0) is 30.0 Å². The van der Waals surface area contributed by atoms with Crippen molar-refractivity contribution in [2.24, 2.45) is 5.73 Å². The number of carboxylic acid groups (broad SMARTS) is 1. The highest BCUT2D eigenvalue weighted by Gasteiger charge is 2.23. The Balaban J connectivity index is 2.14. The van der Waals surface area contributed by atoms with Crippen LogP contribution in [-0.4, -0.2) is 28.8 Å². The van der Waals surface area contributed by atoms with Crippen LogP contribution >= 0.6 is 0 Å². The van der Waals surface area contributed by atoms with E-state index in [1.165, 1.54) is 6.07 Å². The van der Waals surface area contributed by atoms with Gasteiger partial charge in [-0.2, -0.15) is 0 Å². The zero-order chi connectivity index (χ0) is 12.4. The number of hydrogen-bond donors (Lipinski definition) is 3. The lowest BCUT2D eigenvalue weighted by Gasteiger charge is -2.10. The number of carbonyl (C=O) groups is 1. The van der Waals surface area contributed by atoms with Crippen LogP contribution < -0.4 is 10.5 Å². The van der Waals surface area contributed by atoms with E-state index in [0.717, 1.165) is 17.5 Å². The summed E-state index contributed by atoms with van der Waals surface area (Å²) in [4.78, 5) is 10.4. The van der Waals surface area contributed by atoms with E-state index in [4.69, 9.17) is 15.6 Å². The Bertz CT molecular complexity index is 444.